The average molecular weight is 414 g/mol. The van der Waals surface area contributed by atoms with E-state index in [1.807, 2.05) is 24.3 Å². The van der Waals surface area contributed by atoms with Crippen LogP contribution in [0.25, 0.3) is 10.9 Å². The van der Waals surface area contributed by atoms with Crippen molar-refractivity contribution in [3.05, 3.63) is 80.9 Å². The van der Waals surface area contributed by atoms with Gasteiger partial charge in [-0.15, -0.1) is 0 Å². The maximum absolute atomic E-state index is 13.2. The molecule has 0 unspecified atom stereocenters. The van der Waals surface area contributed by atoms with Gasteiger partial charge in [0.2, 0.25) is 0 Å². The first-order chi connectivity index (χ1) is 13.9. The molecule has 29 heavy (non-hydrogen) atoms. The zero-order valence-electron chi connectivity index (χ0n) is 16.1. The summed E-state index contributed by atoms with van der Waals surface area (Å²) in [4.78, 5) is 29.4. The molecule has 1 amide bonds. The lowest BCUT2D eigenvalue weighted by atomic mass is 10.1. The van der Waals surface area contributed by atoms with Crippen LogP contribution in [0.4, 0.5) is 4.39 Å². The van der Waals surface area contributed by atoms with E-state index in [2.05, 4.69) is 4.90 Å². The van der Waals surface area contributed by atoms with Gasteiger partial charge in [-0.05, 0) is 23.8 Å². The molecular weight excluding hydrogens is 393 g/mol. The van der Waals surface area contributed by atoms with Crippen molar-refractivity contribution in [3.63, 3.8) is 0 Å². The van der Waals surface area contributed by atoms with E-state index in [-0.39, 0.29) is 17.3 Å². The number of pyridine rings is 1. The van der Waals surface area contributed by atoms with Crippen molar-refractivity contribution >= 4 is 28.4 Å². The summed E-state index contributed by atoms with van der Waals surface area (Å²) in [5.74, 6) is -0.478. The zero-order chi connectivity index (χ0) is 20.5. The van der Waals surface area contributed by atoms with Gasteiger partial charge in [-0.3, -0.25) is 14.5 Å². The second-order valence-electron chi connectivity index (χ2n) is 7.28. The number of para-hydroxylation sites is 1. The fourth-order valence-corrected chi connectivity index (χ4v) is 3.98. The van der Waals surface area contributed by atoms with E-state index < -0.39 is 0 Å². The maximum Gasteiger partial charge on any atom is 0.254 e. The fourth-order valence-electron chi connectivity index (χ4n) is 3.76. The number of fused-ring (bicyclic) bond motifs is 1. The Morgan fingerprint density at radius 1 is 1.07 bits per heavy atom. The number of carbonyl (C=O) groups is 1. The van der Waals surface area contributed by atoms with Gasteiger partial charge < -0.3 is 9.47 Å². The summed E-state index contributed by atoms with van der Waals surface area (Å²) in [6, 6.07) is 13.3. The van der Waals surface area contributed by atoms with Crippen LogP contribution in [0.2, 0.25) is 5.02 Å². The first-order valence-corrected chi connectivity index (χ1v) is 9.86. The smallest absolute Gasteiger partial charge is 0.254 e. The molecule has 150 valence electrons. The zero-order valence-corrected chi connectivity index (χ0v) is 16.8. The monoisotopic (exact) mass is 413 g/mol. The number of aromatic nitrogens is 1. The minimum absolute atomic E-state index is 0.127. The first-order valence-electron chi connectivity index (χ1n) is 9.48. The Kier molecular flexibility index (Phi) is 5.39. The molecule has 2 heterocycles. The van der Waals surface area contributed by atoms with Gasteiger partial charge in [-0.25, -0.2) is 4.39 Å². The van der Waals surface area contributed by atoms with Gasteiger partial charge in [0.15, 0.2) is 0 Å². The summed E-state index contributed by atoms with van der Waals surface area (Å²) in [6.07, 6.45) is 0. The molecule has 1 fully saturated rings. The largest absolute Gasteiger partial charge is 0.336 e. The highest BCUT2D eigenvalue weighted by atomic mass is 35.5. The van der Waals surface area contributed by atoms with Crippen molar-refractivity contribution in [2.24, 2.45) is 7.05 Å². The van der Waals surface area contributed by atoms with Gasteiger partial charge in [0.1, 0.15) is 5.82 Å². The predicted octanol–water partition coefficient (Wildman–Crippen LogP) is 3.29. The van der Waals surface area contributed by atoms with Crippen molar-refractivity contribution in [2.45, 2.75) is 6.54 Å². The highest BCUT2D eigenvalue weighted by molar-refractivity contribution is 6.31. The van der Waals surface area contributed by atoms with Crippen LogP contribution in [-0.2, 0) is 13.6 Å². The van der Waals surface area contributed by atoms with Gasteiger partial charge in [0, 0.05) is 56.2 Å². The second-order valence-corrected chi connectivity index (χ2v) is 7.68. The van der Waals surface area contributed by atoms with E-state index in [0.717, 1.165) is 16.5 Å². The number of carbonyl (C=O) groups excluding carboxylic acids is 1. The number of hydrogen-bond donors (Lipinski definition) is 0. The van der Waals surface area contributed by atoms with Crippen LogP contribution in [0.15, 0.2) is 53.3 Å². The van der Waals surface area contributed by atoms with E-state index in [1.54, 1.807) is 22.6 Å². The molecule has 1 aromatic heterocycles. The van der Waals surface area contributed by atoms with Gasteiger partial charge in [0.25, 0.3) is 11.5 Å². The Hall–Kier alpha value is -2.70. The van der Waals surface area contributed by atoms with Crippen LogP contribution < -0.4 is 5.56 Å². The molecule has 0 N–H and O–H groups in total. The summed E-state index contributed by atoms with van der Waals surface area (Å²) in [5.41, 5.74) is 1.86. The molecule has 0 saturated carbocycles. The highest BCUT2D eigenvalue weighted by Gasteiger charge is 2.24. The van der Waals surface area contributed by atoms with Crippen molar-refractivity contribution < 1.29 is 9.18 Å². The van der Waals surface area contributed by atoms with Crippen LogP contribution in [0.5, 0.6) is 0 Å². The quantitative estimate of drug-likeness (QED) is 0.662. The molecule has 4 rings (SSSR count). The number of piperazine rings is 1. The van der Waals surface area contributed by atoms with Crippen molar-refractivity contribution in [1.29, 1.82) is 0 Å². The third-order valence-electron chi connectivity index (χ3n) is 5.45. The highest BCUT2D eigenvalue weighted by Crippen LogP contribution is 2.21. The van der Waals surface area contributed by atoms with Gasteiger partial charge >= 0.3 is 0 Å². The third-order valence-corrected chi connectivity index (χ3v) is 5.80. The van der Waals surface area contributed by atoms with E-state index in [9.17, 15) is 14.0 Å². The molecular formula is C22H21ClFN3O2. The molecule has 0 radical (unpaired) electrons. The lowest BCUT2D eigenvalue weighted by Gasteiger charge is -2.35. The second kappa shape index (κ2) is 7.97. The Morgan fingerprint density at radius 2 is 1.79 bits per heavy atom. The molecule has 3 aromatic rings. The van der Waals surface area contributed by atoms with E-state index >= 15 is 0 Å². The molecule has 0 aliphatic carbocycles. The number of rotatable bonds is 3. The molecule has 7 heteroatoms. The number of aryl methyl sites for hydroxylation is 1. The van der Waals surface area contributed by atoms with E-state index in [0.29, 0.717) is 43.3 Å². The van der Waals surface area contributed by atoms with Crippen molar-refractivity contribution in [2.75, 3.05) is 26.2 Å². The Balaban J connectivity index is 1.49. The number of nitrogens with zero attached hydrogens (tertiary/aromatic N) is 3. The Morgan fingerprint density at radius 3 is 2.52 bits per heavy atom. The number of benzene rings is 2. The fraction of sp³-hybridized carbons (Fsp3) is 0.273. The van der Waals surface area contributed by atoms with Crippen LogP contribution in [-0.4, -0.2) is 46.5 Å². The molecule has 1 aliphatic rings. The first kappa shape index (κ1) is 19.6. The predicted molar refractivity (Wildman–Crippen MR) is 112 cm³/mol. The molecule has 5 nitrogen and oxygen atoms in total. The molecule has 2 aromatic carbocycles. The number of amides is 1. The van der Waals surface area contributed by atoms with Crippen LogP contribution in [0, 0.1) is 5.82 Å². The number of halogens is 2. The number of hydrogen-bond acceptors (Lipinski definition) is 3. The van der Waals surface area contributed by atoms with Crippen molar-refractivity contribution in [3.8, 4) is 0 Å². The van der Waals surface area contributed by atoms with E-state index in [1.165, 1.54) is 18.2 Å². The van der Waals surface area contributed by atoms with Crippen LogP contribution in [0.3, 0.4) is 0 Å². The summed E-state index contributed by atoms with van der Waals surface area (Å²) in [5, 5.41) is 1.19. The SMILES string of the molecule is Cn1c(=O)cc(C(=O)N2CCN(Cc3ccc(F)cc3Cl)CC2)c2ccccc21. The molecule has 0 spiro atoms. The van der Waals surface area contributed by atoms with Gasteiger partial charge in [-0.2, -0.15) is 0 Å². The molecule has 0 bridgehead atoms. The molecule has 1 saturated heterocycles. The third kappa shape index (κ3) is 3.91. The lowest BCUT2D eigenvalue weighted by molar-refractivity contribution is 0.0630. The average Bonchev–Trinajstić information content (AvgIpc) is 2.73. The van der Waals surface area contributed by atoms with Gasteiger partial charge in [0.05, 0.1) is 11.1 Å². The minimum Gasteiger partial charge on any atom is -0.336 e. The summed E-state index contributed by atoms with van der Waals surface area (Å²) < 4.78 is 14.8. The minimum atomic E-state index is -0.351. The normalized spacial score (nSPS) is 15.1. The Bertz CT molecular complexity index is 1140. The van der Waals surface area contributed by atoms with E-state index in [4.69, 9.17) is 11.6 Å². The topological polar surface area (TPSA) is 45.6 Å². The standard InChI is InChI=1S/C22H21ClFN3O2/c1-25-20-5-3-2-4-17(20)18(13-21(25)28)22(29)27-10-8-26(9-11-27)14-15-6-7-16(24)12-19(15)23/h2-7,12-13H,8-11,14H2,1H3. The van der Waals surface area contributed by atoms with Gasteiger partial charge in [-0.1, -0.05) is 35.9 Å². The van der Waals surface area contributed by atoms with Crippen molar-refractivity contribution in [1.82, 2.24) is 14.4 Å². The van der Waals surface area contributed by atoms with Crippen LogP contribution >= 0.6 is 11.6 Å². The summed E-state index contributed by atoms with van der Waals surface area (Å²) in [6.45, 7) is 3.09. The summed E-state index contributed by atoms with van der Waals surface area (Å²) >= 11 is 6.13. The summed E-state index contributed by atoms with van der Waals surface area (Å²) in [7, 11) is 1.71. The Labute approximate surface area is 172 Å². The maximum atomic E-state index is 13.2. The lowest BCUT2D eigenvalue weighted by Crippen LogP contribution is -2.48. The molecule has 0 atom stereocenters. The molecule has 1 aliphatic heterocycles. The van der Waals surface area contributed by atoms with Crippen LogP contribution in [0.1, 0.15) is 15.9 Å².